The molecule has 0 fully saturated rings. The molecule has 0 aliphatic heterocycles. The molecule has 3 nitrogen and oxygen atoms in total. The quantitative estimate of drug-likeness (QED) is 0.138. The van der Waals surface area contributed by atoms with Crippen LogP contribution in [0.2, 0.25) is 0 Å². The minimum Gasteiger partial charge on any atom is -0.456 e. The number of thioether (sulfide) groups is 1. The normalized spacial score (nSPS) is 10.9. The Morgan fingerprint density at radius 2 is 1.96 bits per heavy atom. The maximum absolute atomic E-state index is 11.1. The van der Waals surface area contributed by atoms with Crippen LogP contribution in [0.5, 0.6) is 0 Å². The van der Waals surface area contributed by atoms with Gasteiger partial charge in [0, 0.05) is 21.9 Å². The second-order valence-corrected chi connectivity index (χ2v) is 7.39. The SMILES string of the molecule is C=CC(=O)OCSc1ccc2cc(-c3ccc(CCCCC)cc3)oc2c1. The smallest absolute Gasteiger partial charge is 0.330 e. The molecule has 0 radical (unpaired) electrons. The van der Waals surface area contributed by atoms with Crippen molar-refractivity contribution in [3.05, 3.63) is 66.7 Å². The third-order valence-electron chi connectivity index (χ3n) is 4.39. The van der Waals surface area contributed by atoms with Gasteiger partial charge in [0.05, 0.1) is 0 Å². The third kappa shape index (κ3) is 5.27. The lowest BCUT2D eigenvalue weighted by Crippen LogP contribution is -1.98. The van der Waals surface area contributed by atoms with Gasteiger partial charge < -0.3 is 9.15 Å². The minimum absolute atomic E-state index is 0.253. The summed E-state index contributed by atoms with van der Waals surface area (Å²) in [6.45, 7) is 5.61. The Labute approximate surface area is 164 Å². The molecular formula is C23H24O3S. The predicted octanol–water partition coefficient (Wildman–Crippen LogP) is 6.61. The summed E-state index contributed by atoms with van der Waals surface area (Å²) < 4.78 is 11.0. The van der Waals surface area contributed by atoms with Gasteiger partial charge in [-0.2, -0.15) is 0 Å². The number of hydrogen-bond acceptors (Lipinski definition) is 4. The molecule has 0 amide bonds. The molecule has 2 aromatic carbocycles. The van der Waals surface area contributed by atoms with Crippen molar-refractivity contribution < 1.29 is 13.9 Å². The van der Waals surface area contributed by atoms with Gasteiger partial charge in [-0.25, -0.2) is 4.79 Å². The van der Waals surface area contributed by atoms with Gasteiger partial charge in [-0.1, -0.05) is 62.4 Å². The zero-order chi connectivity index (χ0) is 19.1. The number of carbonyl (C=O) groups excluding carboxylic acids is 1. The van der Waals surface area contributed by atoms with E-state index in [-0.39, 0.29) is 5.94 Å². The summed E-state index contributed by atoms with van der Waals surface area (Å²) in [4.78, 5) is 12.1. The van der Waals surface area contributed by atoms with Crippen molar-refractivity contribution in [3.8, 4) is 11.3 Å². The molecule has 0 unspecified atom stereocenters. The first kappa shape index (κ1) is 19.3. The monoisotopic (exact) mass is 380 g/mol. The summed E-state index contributed by atoms with van der Waals surface area (Å²) in [5, 5.41) is 1.06. The topological polar surface area (TPSA) is 39.4 Å². The number of hydrogen-bond donors (Lipinski definition) is 0. The first-order valence-electron chi connectivity index (χ1n) is 9.24. The van der Waals surface area contributed by atoms with E-state index in [1.165, 1.54) is 36.6 Å². The number of unbranched alkanes of at least 4 members (excludes halogenated alkanes) is 2. The van der Waals surface area contributed by atoms with Gasteiger partial charge in [0.2, 0.25) is 0 Å². The fourth-order valence-electron chi connectivity index (χ4n) is 2.87. The Morgan fingerprint density at radius 1 is 1.15 bits per heavy atom. The fraction of sp³-hybridized carbons (Fsp3) is 0.261. The molecule has 140 valence electrons. The zero-order valence-corrected chi connectivity index (χ0v) is 16.4. The molecule has 1 aromatic heterocycles. The molecule has 0 bridgehead atoms. The average Bonchev–Trinajstić information content (AvgIpc) is 3.12. The van der Waals surface area contributed by atoms with Crippen LogP contribution in [0.25, 0.3) is 22.3 Å². The highest BCUT2D eigenvalue weighted by atomic mass is 32.2. The van der Waals surface area contributed by atoms with Gasteiger partial charge in [0.25, 0.3) is 0 Å². The van der Waals surface area contributed by atoms with E-state index in [4.69, 9.17) is 9.15 Å². The van der Waals surface area contributed by atoms with Gasteiger partial charge in [0.15, 0.2) is 0 Å². The van der Waals surface area contributed by atoms with Crippen LogP contribution in [0.1, 0.15) is 31.7 Å². The molecule has 27 heavy (non-hydrogen) atoms. The summed E-state index contributed by atoms with van der Waals surface area (Å²) in [6, 6.07) is 16.7. The van der Waals surface area contributed by atoms with E-state index < -0.39 is 5.97 Å². The van der Waals surface area contributed by atoms with E-state index in [0.29, 0.717) is 0 Å². The van der Waals surface area contributed by atoms with Crippen LogP contribution in [0, 0.1) is 0 Å². The number of furan rings is 1. The van der Waals surface area contributed by atoms with Crippen molar-refractivity contribution in [3.63, 3.8) is 0 Å². The number of aryl methyl sites for hydroxylation is 1. The first-order chi connectivity index (χ1) is 13.2. The molecule has 0 saturated carbocycles. The van der Waals surface area contributed by atoms with E-state index >= 15 is 0 Å². The lowest BCUT2D eigenvalue weighted by molar-refractivity contribution is -0.135. The summed E-state index contributed by atoms with van der Waals surface area (Å²) >= 11 is 1.44. The van der Waals surface area contributed by atoms with Crippen molar-refractivity contribution in [1.29, 1.82) is 0 Å². The van der Waals surface area contributed by atoms with Crippen LogP contribution in [0.3, 0.4) is 0 Å². The van der Waals surface area contributed by atoms with E-state index in [2.05, 4.69) is 43.8 Å². The molecule has 3 rings (SSSR count). The molecule has 0 spiro atoms. The lowest BCUT2D eigenvalue weighted by atomic mass is 10.0. The Balaban J connectivity index is 1.68. The maximum Gasteiger partial charge on any atom is 0.330 e. The second-order valence-electron chi connectivity index (χ2n) is 6.39. The first-order valence-corrected chi connectivity index (χ1v) is 10.2. The van der Waals surface area contributed by atoms with Gasteiger partial charge in [0.1, 0.15) is 17.3 Å². The Hall–Kier alpha value is -2.46. The highest BCUT2D eigenvalue weighted by Gasteiger charge is 2.08. The van der Waals surface area contributed by atoms with Gasteiger partial charge in [-0.3, -0.25) is 0 Å². The number of esters is 1. The van der Waals surface area contributed by atoms with Gasteiger partial charge >= 0.3 is 5.97 Å². The van der Waals surface area contributed by atoms with Crippen LogP contribution in [-0.2, 0) is 16.0 Å². The standard InChI is InChI=1S/C23H24O3S/c1-3-5-6-7-17-8-10-18(11-9-17)21-14-19-12-13-20(15-22(19)26-21)27-16-25-23(24)4-2/h4,8-15H,2-3,5-7,16H2,1H3. The Morgan fingerprint density at radius 3 is 2.70 bits per heavy atom. The zero-order valence-electron chi connectivity index (χ0n) is 15.6. The van der Waals surface area contributed by atoms with Crippen molar-refractivity contribution in [2.24, 2.45) is 0 Å². The molecule has 0 aliphatic rings. The van der Waals surface area contributed by atoms with Crippen molar-refractivity contribution in [1.82, 2.24) is 0 Å². The molecule has 0 aliphatic carbocycles. The van der Waals surface area contributed by atoms with E-state index in [9.17, 15) is 4.79 Å². The largest absolute Gasteiger partial charge is 0.456 e. The van der Waals surface area contributed by atoms with Crippen LogP contribution in [0.4, 0.5) is 0 Å². The van der Waals surface area contributed by atoms with Crippen molar-refractivity contribution in [2.75, 3.05) is 5.94 Å². The maximum atomic E-state index is 11.1. The average molecular weight is 381 g/mol. The number of fused-ring (bicyclic) bond motifs is 1. The number of ether oxygens (including phenoxy) is 1. The molecular weight excluding hydrogens is 356 g/mol. The van der Waals surface area contributed by atoms with Crippen LogP contribution in [-0.4, -0.2) is 11.9 Å². The summed E-state index contributed by atoms with van der Waals surface area (Å²) in [5.41, 5.74) is 3.28. The summed E-state index contributed by atoms with van der Waals surface area (Å²) in [7, 11) is 0. The highest BCUT2D eigenvalue weighted by molar-refractivity contribution is 7.99. The predicted molar refractivity (Wildman–Crippen MR) is 112 cm³/mol. The molecule has 0 atom stereocenters. The summed E-state index contributed by atoms with van der Waals surface area (Å²) in [6.07, 6.45) is 6.05. The minimum atomic E-state index is -0.415. The number of carbonyl (C=O) groups is 1. The lowest BCUT2D eigenvalue weighted by Gasteiger charge is -2.02. The van der Waals surface area contributed by atoms with Gasteiger partial charge in [-0.15, -0.1) is 0 Å². The molecule has 0 saturated heterocycles. The summed E-state index contributed by atoms with van der Waals surface area (Å²) in [5.74, 6) is 0.705. The van der Waals surface area contributed by atoms with Crippen molar-refractivity contribution >= 4 is 28.7 Å². The Bertz CT molecular complexity index is 909. The van der Waals surface area contributed by atoms with Crippen LogP contribution >= 0.6 is 11.8 Å². The van der Waals surface area contributed by atoms with Gasteiger partial charge in [-0.05, 0) is 42.7 Å². The fourth-order valence-corrected chi connectivity index (χ4v) is 3.54. The molecule has 1 heterocycles. The van der Waals surface area contributed by atoms with E-state index in [0.717, 1.165) is 39.7 Å². The van der Waals surface area contributed by atoms with E-state index in [1.807, 2.05) is 18.2 Å². The highest BCUT2D eigenvalue weighted by Crippen LogP contribution is 2.31. The van der Waals surface area contributed by atoms with Crippen LogP contribution < -0.4 is 0 Å². The Kier molecular flexibility index (Phi) is 6.77. The second kappa shape index (κ2) is 9.47. The molecule has 0 N–H and O–H groups in total. The van der Waals surface area contributed by atoms with Crippen molar-refractivity contribution in [2.45, 2.75) is 37.5 Å². The van der Waals surface area contributed by atoms with Crippen LogP contribution in [0.15, 0.2) is 70.5 Å². The van der Waals surface area contributed by atoms with E-state index in [1.54, 1.807) is 0 Å². The number of rotatable bonds is 9. The number of benzene rings is 2. The molecule has 3 aromatic rings. The molecule has 4 heteroatoms. The third-order valence-corrected chi connectivity index (χ3v) is 5.22.